The summed E-state index contributed by atoms with van der Waals surface area (Å²) in [5.41, 5.74) is -0.977. The first-order valence-electron chi connectivity index (χ1n) is 9.88. The van der Waals surface area contributed by atoms with Gasteiger partial charge in [0, 0.05) is 24.0 Å². The lowest BCUT2D eigenvalue weighted by Gasteiger charge is -2.41. The average molecular weight is 418 g/mol. The number of rotatable bonds is 4. The van der Waals surface area contributed by atoms with Crippen LogP contribution in [0.5, 0.6) is 5.75 Å². The fourth-order valence-electron chi connectivity index (χ4n) is 4.27. The molecule has 0 aliphatic carbocycles. The van der Waals surface area contributed by atoms with Crippen LogP contribution in [0.4, 0.5) is 5.69 Å². The van der Waals surface area contributed by atoms with E-state index in [1.165, 1.54) is 9.58 Å². The number of benzene rings is 2. The first-order chi connectivity index (χ1) is 15.0. The number of amides is 1. The van der Waals surface area contributed by atoms with E-state index in [0.717, 1.165) is 0 Å². The molecular weight excluding hydrogens is 400 g/mol. The highest BCUT2D eigenvalue weighted by Crippen LogP contribution is 2.47. The van der Waals surface area contributed by atoms with E-state index in [1.807, 2.05) is 6.92 Å². The Balaban J connectivity index is 1.78. The van der Waals surface area contributed by atoms with Gasteiger partial charge in [-0.15, -0.1) is 0 Å². The molecule has 0 spiro atoms. The van der Waals surface area contributed by atoms with Gasteiger partial charge in [-0.05, 0) is 43.3 Å². The lowest BCUT2D eigenvalue weighted by molar-refractivity contribution is -0.148. The van der Waals surface area contributed by atoms with Crippen molar-refractivity contribution in [3.05, 3.63) is 58.9 Å². The van der Waals surface area contributed by atoms with Crippen molar-refractivity contribution in [1.29, 1.82) is 0 Å². The molecule has 31 heavy (non-hydrogen) atoms. The van der Waals surface area contributed by atoms with Gasteiger partial charge < -0.3 is 9.84 Å². The minimum absolute atomic E-state index is 0.00565. The summed E-state index contributed by atoms with van der Waals surface area (Å²) in [7, 11) is 0. The number of fused-ring (bicyclic) bond motifs is 6. The first kappa shape index (κ1) is 19.0. The second-order valence-corrected chi connectivity index (χ2v) is 7.33. The molecule has 3 aromatic rings. The Hall–Kier alpha value is -4.01. The number of aromatic nitrogens is 3. The molecule has 1 fully saturated rings. The number of aliphatic carboxylic acids is 1. The number of ether oxygens (including phenoxy) is 1. The summed E-state index contributed by atoms with van der Waals surface area (Å²) < 4.78 is 6.65. The van der Waals surface area contributed by atoms with E-state index >= 15 is 0 Å². The molecule has 1 atom stereocenters. The van der Waals surface area contributed by atoms with Gasteiger partial charge in [-0.3, -0.25) is 14.5 Å². The smallest absolute Gasteiger partial charge is 0.353 e. The first-order valence-corrected chi connectivity index (χ1v) is 9.88. The number of hydrogen-bond acceptors (Lipinski definition) is 6. The van der Waals surface area contributed by atoms with Gasteiger partial charge in [0.1, 0.15) is 5.75 Å². The average Bonchev–Trinajstić information content (AvgIpc) is 3.13. The van der Waals surface area contributed by atoms with E-state index in [2.05, 4.69) is 10.1 Å². The summed E-state index contributed by atoms with van der Waals surface area (Å²) in [5.74, 6) is -0.780. The van der Waals surface area contributed by atoms with Crippen LogP contribution in [0.3, 0.4) is 0 Å². The summed E-state index contributed by atoms with van der Waals surface area (Å²) in [6, 6.07) is 13.6. The number of anilines is 1. The van der Waals surface area contributed by atoms with Crippen LogP contribution in [0.15, 0.2) is 53.3 Å². The van der Waals surface area contributed by atoms with Gasteiger partial charge in [0.25, 0.3) is 5.56 Å². The lowest BCUT2D eigenvalue weighted by Crippen LogP contribution is -2.58. The summed E-state index contributed by atoms with van der Waals surface area (Å²) in [6.07, 6.45) is 0.0645. The van der Waals surface area contributed by atoms with E-state index in [0.29, 0.717) is 29.2 Å². The molecule has 1 aromatic heterocycles. The maximum absolute atomic E-state index is 12.9. The highest BCUT2D eigenvalue weighted by molar-refractivity contribution is 6.07. The molecule has 1 saturated heterocycles. The van der Waals surface area contributed by atoms with Crippen LogP contribution in [0.1, 0.15) is 19.8 Å². The van der Waals surface area contributed by atoms with Gasteiger partial charge in [0.2, 0.25) is 11.6 Å². The van der Waals surface area contributed by atoms with Crippen molar-refractivity contribution in [2.75, 3.05) is 11.5 Å². The number of carboxylic acids is 1. The molecule has 9 heteroatoms. The van der Waals surface area contributed by atoms with E-state index < -0.39 is 17.2 Å². The molecule has 156 valence electrons. The zero-order valence-corrected chi connectivity index (χ0v) is 16.6. The fraction of sp³-hybridized carbons (Fsp3) is 0.227. The second kappa shape index (κ2) is 6.76. The maximum atomic E-state index is 12.9. The van der Waals surface area contributed by atoms with Crippen molar-refractivity contribution >= 4 is 17.6 Å². The predicted octanol–water partition coefficient (Wildman–Crippen LogP) is 2.25. The number of carbonyl (C=O) groups is 2. The van der Waals surface area contributed by atoms with Crippen molar-refractivity contribution in [1.82, 2.24) is 14.8 Å². The molecular formula is C22H18N4O5. The van der Waals surface area contributed by atoms with Crippen molar-refractivity contribution in [3.63, 3.8) is 0 Å². The molecule has 2 aromatic carbocycles. The van der Waals surface area contributed by atoms with E-state index in [-0.39, 0.29) is 30.3 Å². The van der Waals surface area contributed by atoms with Crippen LogP contribution < -0.4 is 15.2 Å². The minimum Gasteiger partial charge on any atom is -0.494 e. The Labute approximate surface area is 176 Å². The SMILES string of the molecule is CCOc1ccc(-c2nn3c(nc2=O)-c2ccccc2N2C(=O)CC[C@]23C(=O)O)cc1. The third-order valence-corrected chi connectivity index (χ3v) is 5.63. The summed E-state index contributed by atoms with van der Waals surface area (Å²) in [4.78, 5) is 43.7. The van der Waals surface area contributed by atoms with Gasteiger partial charge in [0.15, 0.2) is 11.5 Å². The Morgan fingerprint density at radius 3 is 2.61 bits per heavy atom. The highest BCUT2D eigenvalue weighted by atomic mass is 16.5. The van der Waals surface area contributed by atoms with Crippen molar-refractivity contribution in [3.8, 4) is 28.4 Å². The monoisotopic (exact) mass is 418 g/mol. The molecule has 9 nitrogen and oxygen atoms in total. The van der Waals surface area contributed by atoms with Crippen LogP contribution in [0.2, 0.25) is 0 Å². The fourth-order valence-corrected chi connectivity index (χ4v) is 4.27. The zero-order valence-electron chi connectivity index (χ0n) is 16.6. The van der Waals surface area contributed by atoms with Gasteiger partial charge in [-0.2, -0.15) is 10.1 Å². The topological polar surface area (TPSA) is 115 Å². The number of nitrogens with zero attached hydrogens (tertiary/aromatic N) is 4. The number of carbonyl (C=O) groups excluding carboxylic acids is 1. The molecule has 1 N–H and O–H groups in total. The van der Waals surface area contributed by atoms with E-state index in [4.69, 9.17) is 4.74 Å². The van der Waals surface area contributed by atoms with Crippen LogP contribution >= 0.6 is 0 Å². The van der Waals surface area contributed by atoms with E-state index in [1.54, 1.807) is 48.5 Å². The van der Waals surface area contributed by atoms with Crippen LogP contribution in [-0.4, -0.2) is 38.4 Å². The molecule has 5 rings (SSSR count). The van der Waals surface area contributed by atoms with Crippen molar-refractivity contribution < 1.29 is 19.4 Å². The summed E-state index contributed by atoms with van der Waals surface area (Å²) in [5, 5.41) is 14.7. The summed E-state index contributed by atoms with van der Waals surface area (Å²) >= 11 is 0. The Bertz CT molecular complexity index is 1280. The molecule has 0 saturated carbocycles. The Kier molecular flexibility index (Phi) is 4.14. The third kappa shape index (κ3) is 2.59. The molecule has 0 unspecified atom stereocenters. The second-order valence-electron chi connectivity index (χ2n) is 7.33. The van der Waals surface area contributed by atoms with Crippen LogP contribution in [0, 0.1) is 0 Å². The van der Waals surface area contributed by atoms with Crippen molar-refractivity contribution in [2.45, 2.75) is 25.4 Å². The van der Waals surface area contributed by atoms with Gasteiger partial charge >= 0.3 is 5.97 Å². The quantitative estimate of drug-likeness (QED) is 0.691. The number of hydrogen-bond donors (Lipinski definition) is 1. The lowest BCUT2D eigenvalue weighted by atomic mass is 10.00. The standard InChI is InChI=1S/C22H18N4O5/c1-2-31-14-9-7-13(8-10-14)18-20(28)23-19-15-5-3-4-6-16(15)25-17(27)11-12-22(25,21(29)30)26(19)24-18/h3-10H,2,11-12H2,1H3,(H,29,30)/t22-/m0/s1. The Morgan fingerprint density at radius 2 is 1.90 bits per heavy atom. The molecule has 3 heterocycles. The largest absolute Gasteiger partial charge is 0.494 e. The van der Waals surface area contributed by atoms with Gasteiger partial charge in [-0.25, -0.2) is 9.48 Å². The van der Waals surface area contributed by atoms with Gasteiger partial charge in [-0.1, -0.05) is 12.1 Å². The number of carboxylic acid groups (broad SMARTS) is 1. The molecule has 0 radical (unpaired) electrons. The minimum atomic E-state index is -1.78. The predicted molar refractivity (Wildman–Crippen MR) is 111 cm³/mol. The summed E-state index contributed by atoms with van der Waals surface area (Å²) in [6.45, 7) is 2.37. The highest BCUT2D eigenvalue weighted by Gasteiger charge is 2.58. The molecule has 1 amide bonds. The normalized spacial score (nSPS) is 18.9. The van der Waals surface area contributed by atoms with Gasteiger partial charge in [0.05, 0.1) is 12.3 Å². The van der Waals surface area contributed by atoms with Crippen LogP contribution in [-0.2, 0) is 15.3 Å². The molecule has 0 bridgehead atoms. The van der Waals surface area contributed by atoms with Crippen LogP contribution in [0.25, 0.3) is 22.6 Å². The molecule has 2 aliphatic heterocycles. The van der Waals surface area contributed by atoms with E-state index in [9.17, 15) is 19.5 Å². The maximum Gasteiger partial charge on any atom is 0.353 e. The molecule has 2 aliphatic rings. The number of para-hydroxylation sites is 1. The zero-order chi connectivity index (χ0) is 21.8. The van der Waals surface area contributed by atoms with Crippen molar-refractivity contribution in [2.24, 2.45) is 0 Å². The Morgan fingerprint density at radius 1 is 1.16 bits per heavy atom. The third-order valence-electron chi connectivity index (χ3n) is 5.63.